The Morgan fingerprint density at radius 2 is 1.57 bits per heavy atom. The summed E-state index contributed by atoms with van der Waals surface area (Å²) < 4.78 is 53.1. The summed E-state index contributed by atoms with van der Waals surface area (Å²) in [5, 5.41) is 2.66. The topological polar surface area (TPSA) is 161 Å². The van der Waals surface area contributed by atoms with Crippen LogP contribution in [-0.2, 0) is 42.9 Å². The van der Waals surface area contributed by atoms with Gasteiger partial charge in [-0.25, -0.2) is 9.59 Å². The number of piperidine rings is 2. The number of piperazine rings is 1. The first-order valence-electron chi connectivity index (χ1n) is 21.2. The van der Waals surface area contributed by atoms with Gasteiger partial charge in [-0.3, -0.25) is 24.2 Å². The van der Waals surface area contributed by atoms with Gasteiger partial charge in [0.05, 0.1) is 29.4 Å². The zero-order valence-corrected chi connectivity index (χ0v) is 34.9. The predicted octanol–water partition coefficient (Wildman–Crippen LogP) is 4.32. The van der Waals surface area contributed by atoms with Crippen LogP contribution in [0.2, 0.25) is 5.02 Å². The third-order valence-corrected chi connectivity index (χ3v) is 12.9. The first-order valence-corrected chi connectivity index (χ1v) is 21.6. The van der Waals surface area contributed by atoms with Gasteiger partial charge in [0.2, 0.25) is 5.91 Å². The fraction of sp³-hybridized carbons (Fsp3) is 0.595. The maximum atomic E-state index is 14.2. The molecule has 0 bridgehead atoms. The molecule has 3 N–H and O–H groups in total. The number of rotatable bonds is 11. The fourth-order valence-corrected chi connectivity index (χ4v) is 9.35. The molecule has 0 aliphatic carbocycles. The van der Waals surface area contributed by atoms with Crippen molar-refractivity contribution in [1.29, 1.82) is 0 Å². The van der Waals surface area contributed by atoms with Gasteiger partial charge in [-0.1, -0.05) is 29.8 Å². The van der Waals surface area contributed by atoms with E-state index in [9.17, 15) is 37.1 Å². The van der Waals surface area contributed by atoms with Crippen molar-refractivity contribution < 1.29 is 46.6 Å². The highest BCUT2D eigenvalue weighted by Gasteiger charge is 2.38. The molecule has 332 valence electrons. The summed E-state index contributed by atoms with van der Waals surface area (Å²) in [6.07, 6.45) is -2.71. The van der Waals surface area contributed by atoms with E-state index in [4.69, 9.17) is 26.8 Å². The number of likely N-dealkylation sites (tertiary alicyclic amines) is 3. The van der Waals surface area contributed by atoms with E-state index < -0.39 is 35.5 Å². The number of nitrogens with two attached hydrogens (primary N) is 1. The Labute approximate surface area is 358 Å². The molecule has 15 nitrogen and oxygen atoms in total. The largest absolute Gasteiger partial charge is 0.463 e. The van der Waals surface area contributed by atoms with Gasteiger partial charge in [0.25, 0.3) is 5.91 Å². The maximum absolute atomic E-state index is 14.2. The first kappa shape index (κ1) is 44.3. The summed E-state index contributed by atoms with van der Waals surface area (Å²) >= 11 is 6.15. The molecule has 1 atom stereocenters. The molecule has 0 saturated carbocycles. The highest BCUT2D eigenvalue weighted by atomic mass is 35.5. The van der Waals surface area contributed by atoms with E-state index in [1.54, 1.807) is 14.7 Å². The Balaban J connectivity index is 0.928. The van der Waals surface area contributed by atoms with E-state index in [0.29, 0.717) is 84.6 Å². The highest BCUT2D eigenvalue weighted by molar-refractivity contribution is 6.33. The molecule has 5 aliphatic heterocycles. The minimum absolute atomic E-state index is 0.0422. The number of amides is 5. The number of halogens is 4. The van der Waals surface area contributed by atoms with Crippen LogP contribution in [0.1, 0.15) is 55.2 Å². The van der Waals surface area contributed by atoms with Gasteiger partial charge in [-0.2, -0.15) is 13.2 Å². The Hall–Kier alpha value is -4.81. The second-order valence-electron chi connectivity index (χ2n) is 16.4. The normalized spacial score (nSPS) is 20.6. The number of nitrogens with zero attached hydrogens (tertiary/aromatic N) is 6. The summed E-state index contributed by atoms with van der Waals surface area (Å²) in [4.78, 5) is 76.2. The molecule has 7 rings (SSSR count). The quantitative estimate of drug-likeness (QED) is 0.246. The summed E-state index contributed by atoms with van der Waals surface area (Å²) in [5.74, 6) is -0.747. The van der Waals surface area contributed by atoms with Crippen molar-refractivity contribution in [3.63, 3.8) is 0 Å². The number of urea groups is 1. The van der Waals surface area contributed by atoms with Crippen LogP contribution in [0.5, 0.6) is 0 Å². The number of fused-ring (bicyclic) bond motifs is 1. The lowest BCUT2D eigenvalue weighted by Crippen LogP contribution is -2.57. The van der Waals surface area contributed by atoms with Crippen molar-refractivity contribution in [2.24, 2.45) is 0 Å². The number of hydrogen-bond acceptors (Lipinski definition) is 10. The Bertz CT molecular complexity index is 1930. The number of hydrogen-bond donors (Lipinski definition) is 2. The molecule has 0 aromatic heterocycles. The molecule has 5 amide bonds. The minimum atomic E-state index is -4.80. The van der Waals surface area contributed by atoms with Gasteiger partial charge in [0.15, 0.2) is 6.10 Å². The van der Waals surface area contributed by atoms with Crippen molar-refractivity contribution >= 4 is 52.9 Å². The van der Waals surface area contributed by atoms with Crippen LogP contribution in [0.25, 0.3) is 0 Å². The van der Waals surface area contributed by atoms with E-state index in [0.717, 1.165) is 36.6 Å². The monoisotopic (exact) mass is 874 g/mol. The van der Waals surface area contributed by atoms with Crippen LogP contribution in [0.4, 0.5) is 34.1 Å². The average Bonchev–Trinajstić information content (AvgIpc) is 3.57. The lowest BCUT2D eigenvalue weighted by atomic mass is 10.0. The maximum Gasteiger partial charge on any atom is 0.418 e. The van der Waals surface area contributed by atoms with Crippen LogP contribution in [0.3, 0.4) is 0 Å². The lowest BCUT2D eigenvalue weighted by molar-refractivity contribution is -0.147. The number of carbonyl (C=O) groups excluding carboxylic acids is 5. The molecular formula is C42H54ClF3N8O7. The van der Waals surface area contributed by atoms with Crippen LogP contribution in [-0.4, -0.2) is 163 Å². The number of para-hydroxylation sites is 1. The van der Waals surface area contributed by atoms with E-state index >= 15 is 0 Å². The van der Waals surface area contributed by atoms with Crippen LogP contribution < -0.4 is 11.1 Å². The van der Waals surface area contributed by atoms with Crippen LogP contribution in [0.15, 0.2) is 36.4 Å². The summed E-state index contributed by atoms with van der Waals surface area (Å²) in [6, 6.07) is 9.65. The van der Waals surface area contributed by atoms with Crippen molar-refractivity contribution in [3.05, 3.63) is 58.1 Å². The number of ether oxygens (including phenoxy) is 2. The van der Waals surface area contributed by atoms with Crippen molar-refractivity contribution in [3.8, 4) is 0 Å². The summed E-state index contributed by atoms with van der Waals surface area (Å²) in [5.41, 5.74) is 5.78. The molecule has 61 heavy (non-hydrogen) atoms. The van der Waals surface area contributed by atoms with Crippen molar-refractivity contribution in [2.45, 2.75) is 75.7 Å². The smallest absolute Gasteiger partial charge is 0.418 e. The van der Waals surface area contributed by atoms with E-state index in [1.807, 2.05) is 24.3 Å². The van der Waals surface area contributed by atoms with Gasteiger partial charge in [0.1, 0.15) is 6.61 Å². The molecule has 0 radical (unpaired) electrons. The third-order valence-electron chi connectivity index (χ3n) is 12.6. The second-order valence-corrected chi connectivity index (χ2v) is 16.8. The number of alkyl halides is 3. The number of esters is 1. The molecule has 4 saturated heterocycles. The Morgan fingerprint density at radius 3 is 2.26 bits per heavy atom. The Morgan fingerprint density at radius 1 is 0.869 bits per heavy atom. The Kier molecular flexibility index (Phi) is 14.1. The lowest BCUT2D eigenvalue weighted by Gasteiger charge is -2.43. The first-order chi connectivity index (χ1) is 29.2. The van der Waals surface area contributed by atoms with E-state index in [2.05, 4.69) is 15.1 Å². The van der Waals surface area contributed by atoms with Gasteiger partial charge in [-0.15, -0.1) is 0 Å². The molecule has 5 heterocycles. The zero-order chi connectivity index (χ0) is 43.3. The van der Waals surface area contributed by atoms with Gasteiger partial charge >= 0.3 is 24.3 Å². The molecule has 5 aliphatic rings. The number of nitrogens with one attached hydrogen (secondary N) is 1. The minimum Gasteiger partial charge on any atom is -0.463 e. The summed E-state index contributed by atoms with van der Waals surface area (Å²) in [6.45, 7) is 5.63. The fourth-order valence-electron chi connectivity index (χ4n) is 9.11. The molecule has 2 aromatic carbocycles. The van der Waals surface area contributed by atoms with E-state index in [-0.39, 0.29) is 73.2 Å². The molecule has 4 fully saturated rings. The molecule has 1 unspecified atom stereocenters. The molecule has 2 aromatic rings. The standard InChI is InChI=1S/C42H54ClF3N8O7/c43-33-25-28(24-32(38(33)47)42(44,45)46)26-35(61-41(59)53-15-10-31(11-16-53)54-17-7-29-4-1-2-5-34(29)48-40(54)58)39(57)52-20-18-50(19-21-52)30-8-13-49(14-9-30)27-37(56)60-23-22-51-12-3-6-36(51)55/h1-2,4-5,24-25,30-31,35H,3,6-23,26-27,47H2,(H,48,58). The van der Waals surface area contributed by atoms with Gasteiger partial charge in [-0.05, 0) is 67.9 Å². The number of nitrogen functional groups attached to an aromatic ring is 1. The second kappa shape index (κ2) is 19.5. The average molecular weight is 875 g/mol. The number of anilines is 2. The van der Waals surface area contributed by atoms with Gasteiger partial charge < -0.3 is 40.1 Å². The van der Waals surface area contributed by atoms with Crippen LogP contribution in [0, 0.1) is 0 Å². The SMILES string of the molecule is Nc1c(Cl)cc(CC(OC(=O)N2CCC(N3CCc4ccccc4NC3=O)CC2)C(=O)N2CCN(C3CCN(CC(=O)OCCN4CCCC4=O)CC3)CC2)cc1C(F)(F)F. The van der Waals surface area contributed by atoms with E-state index in [1.165, 1.54) is 11.0 Å². The van der Waals surface area contributed by atoms with Crippen LogP contribution >= 0.6 is 11.6 Å². The van der Waals surface area contributed by atoms with Crippen molar-refractivity contribution in [1.82, 2.24) is 29.4 Å². The zero-order valence-electron chi connectivity index (χ0n) is 34.2. The number of benzene rings is 2. The molecule has 19 heteroatoms. The molecule has 0 spiro atoms. The van der Waals surface area contributed by atoms with Crippen molar-refractivity contribution in [2.75, 3.05) is 96.2 Å². The third kappa shape index (κ3) is 11.0. The van der Waals surface area contributed by atoms with Gasteiger partial charge in [0, 0.05) is 96.1 Å². The molecular weight excluding hydrogens is 821 g/mol. The predicted molar refractivity (Wildman–Crippen MR) is 220 cm³/mol. The summed E-state index contributed by atoms with van der Waals surface area (Å²) in [7, 11) is 0. The highest BCUT2D eigenvalue weighted by Crippen LogP contribution is 2.38. The number of carbonyl (C=O) groups is 5.